The van der Waals surface area contributed by atoms with Crippen molar-refractivity contribution in [3.05, 3.63) is 70.3 Å². The van der Waals surface area contributed by atoms with Gasteiger partial charge in [0.15, 0.2) is 29.1 Å². The monoisotopic (exact) mass is 338 g/mol. The van der Waals surface area contributed by atoms with Crippen LogP contribution in [-0.2, 0) is 12.8 Å². The van der Waals surface area contributed by atoms with Crippen LogP contribution in [0.15, 0.2) is 30.3 Å². The Balaban J connectivity index is 2.33. The first-order valence-electron chi connectivity index (χ1n) is 7.89. The van der Waals surface area contributed by atoms with E-state index in [0.717, 1.165) is 6.42 Å². The molecule has 0 radical (unpaired) electrons. The molecule has 1 nitrogen and oxygen atoms in total. The van der Waals surface area contributed by atoms with Gasteiger partial charge in [-0.25, -0.2) is 17.6 Å². The summed E-state index contributed by atoms with van der Waals surface area (Å²) in [5.41, 5.74) is -1.23. The van der Waals surface area contributed by atoms with Gasteiger partial charge in [0.1, 0.15) is 0 Å². The molecule has 2 aromatic carbocycles. The Kier molecular flexibility index (Phi) is 6.12. The maximum Gasteiger partial charge on any atom is 0.167 e. The summed E-state index contributed by atoms with van der Waals surface area (Å²) >= 11 is 0. The van der Waals surface area contributed by atoms with Gasteiger partial charge in [-0.05, 0) is 12.8 Å². The van der Waals surface area contributed by atoms with Gasteiger partial charge in [-0.2, -0.15) is 0 Å². The predicted octanol–water partition coefficient (Wildman–Crippen LogP) is 5.40. The lowest BCUT2D eigenvalue weighted by molar-refractivity contribution is 0.0990. The lowest BCUT2D eigenvalue weighted by Crippen LogP contribution is -2.13. The third-order valence-corrected chi connectivity index (χ3v) is 3.91. The second-order valence-corrected chi connectivity index (χ2v) is 5.64. The van der Waals surface area contributed by atoms with E-state index in [4.69, 9.17) is 0 Å². The molecule has 24 heavy (non-hydrogen) atoms. The molecule has 0 atom stereocenters. The maximum atomic E-state index is 14.2. The van der Waals surface area contributed by atoms with E-state index in [2.05, 4.69) is 0 Å². The molecule has 0 N–H and O–H groups in total. The number of carbonyl (C=O) groups excluding carboxylic acids is 1. The SMILES string of the molecule is CCCCCc1c(F)c(F)c(CC(=O)c2ccccc2)c(F)c1F. The zero-order valence-electron chi connectivity index (χ0n) is 13.3. The topological polar surface area (TPSA) is 17.1 Å². The Morgan fingerprint density at radius 2 is 1.38 bits per heavy atom. The van der Waals surface area contributed by atoms with Gasteiger partial charge in [-0.1, -0.05) is 50.1 Å². The van der Waals surface area contributed by atoms with E-state index in [1.54, 1.807) is 18.2 Å². The average molecular weight is 338 g/mol. The van der Waals surface area contributed by atoms with E-state index in [0.29, 0.717) is 12.8 Å². The maximum absolute atomic E-state index is 14.2. The summed E-state index contributed by atoms with van der Waals surface area (Å²) in [6.45, 7) is 1.91. The fourth-order valence-electron chi connectivity index (χ4n) is 2.54. The molecule has 2 rings (SSSR count). The van der Waals surface area contributed by atoms with E-state index in [1.165, 1.54) is 12.1 Å². The Bertz CT molecular complexity index is 697. The number of rotatable bonds is 7. The number of Topliss-reactive ketones (excluding diaryl/α,β-unsaturated/α-hetero) is 1. The van der Waals surface area contributed by atoms with Crippen molar-refractivity contribution in [3.63, 3.8) is 0 Å². The molecule has 0 spiro atoms. The minimum atomic E-state index is -1.48. The number of halogens is 4. The second kappa shape index (κ2) is 8.08. The van der Waals surface area contributed by atoms with Gasteiger partial charge in [-0.15, -0.1) is 0 Å². The standard InChI is InChI=1S/C19H18F4O/c1-2-3-5-10-13-16(20)18(22)14(19(23)17(13)21)11-15(24)12-8-6-4-7-9-12/h4,6-9H,2-3,5,10-11H2,1H3. The number of hydrogen-bond acceptors (Lipinski definition) is 1. The molecule has 0 aliphatic heterocycles. The lowest BCUT2D eigenvalue weighted by Gasteiger charge is -2.12. The van der Waals surface area contributed by atoms with Crippen LogP contribution in [0.1, 0.15) is 47.7 Å². The van der Waals surface area contributed by atoms with Crippen LogP contribution in [0.25, 0.3) is 0 Å². The molecule has 2 aromatic rings. The van der Waals surface area contributed by atoms with Gasteiger partial charge in [0.05, 0.1) is 0 Å². The molecule has 128 valence electrons. The van der Waals surface area contributed by atoms with Crippen molar-refractivity contribution in [1.29, 1.82) is 0 Å². The number of unbranched alkanes of at least 4 members (excludes halogenated alkanes) is 2. The predicted molar refractivity (Wildman–Crippen MR) is 84.0 cm³/mol. The highest BCUT2D eigenvalue weighted by molar-refractivity contribution is 5.97. The van der Waals surface area contributed by atoms with Crippen LogP contribution < -0.4 is 0 Å². The summed E-state index contributed by atoms with van der Waals surface area (Å²) in [5, 5.41) is 0. The van der Waals surface area contributed by atoms with Crippen molar-refractivity contribution in [2.75, 3.05) is 0 Å². The Morgan fingerprint density at radius 3 is 1.92 bits per heavy atom. The molecule has 0 amide bonds. The fraction of sp³-hybridized carbons (Fsp3) is 0.316. The lowest BCUT2D eigenvalue weighted by atomic mass is 9.98. The summed E-state index contributed by atoms with van der Waals surface area (Å²) in [6.07, 6.45) is 1.15. The van der Waals surface area contributed by atoms with Crippen molar-refractivity contribution >= 4 is 5.78 Å². The molecular formula is C19H18F4O. The first-order chi connectivity index (χ1) is 11.5. The third-order valence-electron chi connectivity index (χ3n) is 3.91. The van der Waals surface area contributed by atoms with Crippen LogP contribution in [0.5, 0.6) is 0 Å². The van der Waals surface area contributed by atoms with E-state index < -0.39 is 46.6 Å². The summed E-state index contributed by atoms with van der Waals surface area (Å²) in [5.74, 6) is -6.37. The molecule has 0 fully saturated rings. The fourth-order valence-corrected chi connectivity index (χ4v) is 2.54. The van der Waals surface area contributed by atoms with E-state index in [-0.39, 0.29) is 12.0 Å². The van der Waals surface area contributed by atoms with Crippen LogP contribution in [-0.4, -0.2) is 5.78 Å². The highest BCUT2D eigenvalue weighted by atomic mass is 19.2. The normalized spacial score (nSPS) is 10.9. The molecule has 0 saturated carbocycles. The summed E-state index contributed by atoms with van der Waals surface area (Å²) in [6, 6.07) is 7.83. The van der Waals surface area contributed by atoms with Crippen molar-refractivity contribution in [2.45, 2.75) is 39.0 Å². The smallest absolute Gasteiger partial charge is 0.167 e. The van der Waals surface area contributed by atoms with Gasteiger partial charge < -0.3 is 0 Å². The van der Waals surface area contributed by atoms with Gasteiger partial charge in [0.2, 0.25) is 0 Å². The first kappa shape index (κ1) is 18.2. The van der Waals surface area contributed by atoms with Crippen molar-refractivity contribution in [1.82, 2.24) is 0 Å². The number of hydrogen-bond donors (Lipinski definition) is 0. The van der Waals surface area contributed by atoms with Gasteiger partial charge in [0, 0.05) is 23.1 Å². The molecule has 0 aromatic heterocycles. The largest absolute Gasteiger partial charge is 0.294 e. The highest BCUT2D eigenvalue weighted by Gasteiger charge is 2.26. The first-order valence-corrected chi connectivity index (χ1v) is 7.89. The molecule has 0 unspecified atom stereocenters. The second-order valence-electron chi connectivity index (χ2n) is 5.64. The third kappa shape index (κ3) is 3.83. The molecule has 5 heteroatoms. The van der Waals surface area contributed by atoms with Gasteiger partial charge >= 0.3 is 0 Å². The molecule has 0 saturated heterocycles. The van der Waals surface area contributed by atoms with Crippen LogP contribution in [0, 0.1) is 23.3 Å². The van der Waals surface area contributed by atoms with Crippen LogP contribution in [0.4, 0.5) is 17.6 Å². The van der Waals surface area contributed by atoms with Crippen molar-refractivity contribution in [3.8, 4) is 0 Å². The highest BCUT2D eigenvalue weighted by Crippen LogP contribution is 2.26. The molecule has 0 bridgehead atoms. The summed E-state index contributed by atoms with van der Waals surface area (Å²) in [4.78, 5) is 12.1. The Hall–Kier alpha value is -2.17. The zero-order valence-corrected chi connectivity index (χ0v) is 13.3. The Morgan fingerprint density at radius 1 is 0.833 bits per heavy atom. The minimum absolute atomic E-state index is 0.0771. The number of carbonyl (C=O) groups is 1. The minimum Gasteiger partial charge on any atom is -0.294 e. The molecule has 0 heterocycles. The number of benzene rings is 2. The van der Waals surface area contributed by atoms with E-state index in [9.17, 15) is 22.4 Å². The molecular weight excluding hydrogens is 320 g/mol. The van der Waals surface area contributed by atoms with E-state index >= 15 is 0 Å². The average Bonchev–Trinajstić information content (AvgIpc) is 2.60. The van der Waals surface area contributed by atoms with Gasteiger partial charge in [-0.3, -0.25) is 4.79 Å². The number of ketones is 1. The van der Waals surface area contributed by atoms with Crippen LogP contribution >= 0.6 is 0 Å². The van der Waals surface area contributed by atoms with Crippen LogP contribution in [0.2, 0.25) is 0 Å². The van der Waals surface area contributed by atoms with Crippen molar-refractivity contribution < 1.29 is 22.4 Å². The van der Waals surface area contributed by atoms with Crippen molar-refractivity contribution in [2.24, 2.45) is 0 Å². The van der Waals surface area contributed by atoms with Crippen LogP contribution in [0.3, 0.4) is 0 Å². The molecule has 0 aliphatic carbocycles. The Labute approximate surface area is 138 Å². The summed E-state index contributed by atoms with van der Waals surface area (Å²) in [7, 11) is 0. The summed E-state index contributed by atoms with van der Waals surface area (Å²) < 4.78 is 56.5. The quantitative estimate of drug-likeness (QED) is 0.286. The van der Waals surface area contributed by atoms with Gasteiger partial charge in [0.25, 0.3) is 0 Å². The zero-order chi connectivity index (χ0) is 17.7. The van der Waals surface area contributed by atoms with E-state index in [1.807, 2.05) is 6.92 Å². The molecule has 0 aliphatic rings.